The number of benzene rings is 2. The van der Waals surface area contributed by atoms with E-state index in [2.05, 4.69) is 20.6 Å². The first-order chi connectivity index (χ1) is 11.6. The molecule has 0 radical (unpaired) electrons. The topological polar surface area (TPSA) is 92.9 Å². The van der Waals surface area contributed by atoms with Gasteiger partial charge in [0.05, 0.1) is 5.69 Å². The maximum absolute atomic E-state index is 11.0. The molecule has 24 heavy (non-hydrogen) atoms. The molecule has 120 valence electrons. The number of rotatable bonds is 4. The summed E-state index contributed by atoms with van der Waals surface area (Å²) in [5.74, 6) is 0.703. The first-order valence-electron chi connectivity index (χ1n) is 7.45. The SMILES string of the molecule is CC(=O)Nc1ccc(Nc2cc(-c3ccccc3)nc(N)n2)cc1. The van der Waals surface area contributed by atoms with Crippen molar-refractivity contribution in [2.24, 2.45) is 0 Å². The fraction of sp³-hybridized carbons (Fsp3) is 0.0556. The van der Waals surface area contributed by atoms with Gasteiger partial charge in [-0.15, -0.1) is 0 Å². The third-order valence-electron chi connectivity index (χ3n) is 3.29. The summed E-state index contributed by atoms with van der Waals surface area (Å²) in [5, 5.41) is 5.91. The van der Waals surface area contributed by atoms with Crippen LogP contribution in [-0.2, 0) is 4.79 Å². The van der Waals surface area contributed by atoms with Crippen LogP contribution in [0, 0.1) is 0 Å². The fourth-order valence-electron chi connectivity index (χ4n) is 2.27. The molecular formula is C18H17N5O. The minimum Gasteiger partial charge on any atom is -0.368 e. The number of nitrogens with two attached hydrogens (primary N) is 1. The predicted octanol–water partition coefficient (Wildman–Crippen LogP) is 3.43. The van der Waals surface area contributed by atoms with Gasteiger partial charge in [0.25, 0.3) is 0 Å². The van der Waals surface area contributed by atoms with Crippen molar-refractivity contribution in [1.82, 2.24) is 9.97 Å². The van der Waals surface area contributed by atoms with Gasteiger partial charge in [0.15, 0.2) is 0 Å². The second-order valence-corrected chi connectivity index (χ2v) is 5.25. The maximum Gasteiger partial charge on any atom is 0.222 e. The van der Waals surface area contributed by atoms with E-state index in [1.807, 2.05) is 60.7 Å². The Labute approximate surface area is 139 Å². The molecule has 6 heteroatoms. The number of anilines is 4. The molecule has 0 spiro atoms. The van der Waals surface area contributed by atoms with Crippen LogP contribution in [0.5, 0.6) is 0 Å². The number of nitrogens with one attached hydrogen (secondary N) is 2. The van der Waals surface area contributed by atoms with Crippen molar-refractivity contribution in [3.05, 3.63) is 60.7 Å². The standard InChI is InChI=1S/C18H17N5O/c1-12(24)20-14-7-9-15(10-8-14)21-17-11-16(22-18(19)23-17)13-5-3-2-4-6-13/h2-11H,1H3,(H,20,24)(H3,19,21,22,23). The van der Waals surface area contributed by atoms with E-state index in [0.29, 0.717) is 5.82 Å². The molecule has 6 nitrogen and oxygen atoms in total. The quantitative estimate of drug-likeness (QED) is 0.685. The Bertz CT molecular complexity index is 847. The highest BCUT2D eigenvalue weighted by Crippen LogP contribution is 2.23. The van der Waals surface area contributed by atoms with Crippen molar-refractivity contribution in [2.75, 3.05) is 16.4 Å². The summed E-state index contributed by atoms with van der Waals surface area (Å²) < 4.78 is 0. The number of amides is 1. The average molecular weight is 319 g/mol. The molecule has 2 aromatic carbocycles. The highest BCUT2D eigenvalue weighted by atomic mass is 16.1. The number of aromatic nitrogens is 2. The van der Waals surface area contributed by atoms with Crippen LogP contribution in [0.3, 0.4) is 0 Å². The van der Waals surface area contributed by atoms with Crippen molar-refractivity contribution >= 4 is 29.0 Å². The van der Waals surface area contributed by atoms with E-state index in [-0.39, 0.29) is 11.9 Å². The van der Waals surface area contributed by atoms with Gasteiger partial charge in [0.2, 0.25) is 11.9 Å². The van der Waals surface area contributed by atoms with Crippen molar-refractivity contribution < 1.29 is 4.79 Å². The Balaban J connectivity index is 1.82. The summed E-state index contributed by atoms with van der Waals surface area (Å²) in [6.45, 7) is 1.47. The molecule has 4 N–H and O–H groups in total. The molecule has 0 aliphatic rings. The lowest BCUT2D eigenvalue weighted by molar-refractivity contribution is -0.114. The zero-order valence-electron chi connectivity index (χ0n) is 13.2. The van der Waals surface area contributed by atoms with E-state index in [1.54, 1.807) is 0 Å². The van der Waals surface area contributed by atoms with Gasteiger partial charge in [-0.1, -0.05) is 30.3 Å². The summed E-state index contributed by atoms with van der Waals surface area (Å²) in [4.78, 5) is 19.5. The Morgan fingerprint density at radius 3 is 2.29 bits per heavy atom. The Hall–Kier alpha value is -3.41. The Kier molecular flexibility index (Phi) is 4.38. The molecule has 1 heterocycles. The van der Waals surface area contributed by atoms with Crippen molar-refractivity contribution in [3.8, 4) is 11.3 Å². The van der Waals surface area contributed by atoms with Crippen LogP contribution >= 0.6 is 0 Å². The Morgan fingerprint density at radius 1 is 0.958 bits per heavy atom. The third-order valence-corrected chi connectivity index (χ3v) is 3.29. The summed E-state index contributed by atoms with van der Waals surface area (Å²) in [5.41, 5.74) is 9.11. The van der Waals surface area contributed by atoms with Crippen LogP contribution in [0.15, 0.2) is 60.7 Å². The molecule has 0 atom stereocenters. The van der Waals surface area contributed by atoms with Crippen LogP contribution in [-0.4, -0.2) is 15.9 Å². The van der Waals surface area contributed by atoms with Gasteiger partial charge >= 0.3 is 0 Å². The van der Waals surface area contributed by atoms with E-state index in [4.69, 9.17) is 5.73 Å². The number of carbonyl (C=O) groups excluding carboxylic acids is 1. The first-order valence-corrected chi connectivity index (χ1v) is 7.45. The summed E-state index contributed by atoms with van der Waals surface area (Å²) in [6, 6.07) is 18.9. The summed E-state index contributed by atoms with van der Waals surface area (Å²) in [7, 11) is 0. The van der Waals surface area contributed by atoms with Crippen LogP contribution < -0.4 is 16.4 Å². The number of nitrogen functional groups attached to an aromatic ring is 1. The molecule has 3 rings (SSSR count). The zero-order chi connectivity index (χ0) is 16.9. The molecule has 1 amide bonds. The van der Waals surface area contributed by atoms with Gasteiger partial charge in [-0.3, -0.25) is 4.79 Å². The largest absolute Gasteiger partial charge is 0.368 e. The lowest BCUT2D eigenvalue weighted by atomic mass is 10.1. The average Bonchev–Trinajstić information content (AvgIpc) is 2.56. The molecule has 0 unspecified atom stereocenters. The lowest BCUT2D eigenvalue weighted by Crippen LogP contribution is -2.05. The monoisotopic (exact) mass is 319 g/mol. The highest BCUT2D eigenvalue weighted by molar-refractivity contribution is 5.88. The molecule has 0 fully saturated rings. The fourth-order valence-corrected chi connectivity index (χ4v) is 2.27. The lowest BCUT2D eigenvalue weighted by Gasteiger charge is -2.09. The molecule has 0 aliphatic carbocycles. The van der Waals surface area contributed by atoms with Crippen LogP contribution in [0.1, 0.15) is 6.92 Å². The van der Waals surface area contributed by atoms with Crippen LogP contribution in [0.25, 0.3) is 11.3 Å². The zero-order valence-corrected chi connectivity index (χ0v) is 13.2. The van der Waals surface area contributed by atoms with Crippen LogP contribution in [0.4, 0.5) is 23.1 Å². The number of hydrogen-bond donors (Lipinski definition) is 3. The summed E-state index contributed by atoms with van der Waals surface area (Å²) in [6.07, 6.45) is 0. The number of carbonyl (C=O) groups is 1. The van der Waals surface area contributed by atoms with E-state index in [0.717, 1.165) is 22.6 Å². The molecule has 0 saturated heterocycles. The van der Waals surface area contributed by atoms with Gasteiger partial charge in [-0.2, -0.15) is 4.98 Å². The second kappa shape index (κ2) is 6.78. The van der Waals surface area contributed by atoms with E-state index in [9.17, 15) is 4.79 Å². The molecule has 1 aromatic heterocycles. The molecular weight excluding hydrogens is 302 g/mol. The van der Waals surface area contributed by atoms with Gasteiger partial charge in [0, 0.05) is 29.9 Å². The van der Waals surface area contributed by atoms with Crippen molar-refractivity contribution in [2.45, 2.75) is 6.92 Å². The minimum atomic E-state index is -0.105. The number of hydrogen-bond acceptors (Lipinski definition) is 5. The van der Waals surface area contributed by atoms with Crippen molar-refractivity contribution in [1.29, 1.82) is 0 Å². The predicted molar refractivity (Wildman–Crippen MR) is 95.9 cm³/mol. The number of nitrogens with zero attached hydrogens (tertiary/aromatic N) is 2. The Morgan fingerprint density at radius 2 is 1.62 bits per heavy atom. The van der Waals surface area contributed by atoms with Crippen LogP contribution in [0.2, 0.25) is 0 Å². The first kappa shape index (κ1) is 15.5. The molecule has 0 bridgehead atoms. The second-order valence-electron chi connectivity index (χ2n) is 5.25. The van der Waals surface area contributed by atoms with Gasteiger partial charge in [-0.05, 0) is 24.3 Å². The minimum absolute atomic E-state index is 0.105. The van der Waals surface area contributed by atoms with Gasteiger partial charge < -0.3 is 16.4 Å². The molecule has 3 aromatic rings. The van der Waals surface area contributed by atoms with Crippen molar-refractivity contribution in [3.63, 3.8) is 0 Å². The molecule has 0 saturated carbocycles. The van der Waals surface area contributed by atoms with E-state index < -0.39 is 0 Å². The third kappa shape index (κ3) is 3.86. The highest BCUT2D eigenvalue weighted by Gasteiger charge is 2.05. The maximum atomic E-state index is 11.0. The van der Waals surface area contributed by atoms with E-state index in [1.165, 1.54) is 6.92 Å². The van der Waals surface area contributed by atoms with Gasteiger partial charge in [-0.25, -0.2) is 4.98 Å². The van der Waals surface area contributed by atoms with E-state index >= 15 is 0 Å². The van der Waals surface area contributed by atoms with Gasteiger partial charge in [0.1, 0.15) is 5.82 Å². The smallest absolute Gasteiger partial charge is 0.222 e. The molecule has 0 aliphatic heterocycles. The normalized spacial score (nSPS) is 10.2. The summed E-state index contributed by atoms with van der Waals surface area (Å²) >= 11 is 0.